The number of nitrogens with one attached hydrogen (secondary N) is 1. The molecule has 76 valence electrons. The summed E-state index contributed by atoms with van der Waals surface area (Å²) in [6, 6.07) is 5.07. The molecule has 0 spiro atoms. The maximum atomic E-state index is 11.7. The van der Waals surface area contributed by atoms with Crippen molar-refractivity contribution in [1.82, 2.24) is 4.98 Å². The number of oxazole rings is 1. The number of rotatable bonds is 2. The minimum absolute atomic E-state index is 0.153. The lowest BCUT2D eigenvalue weighted by atomic mass is 10.1. The lowest BCUT2D eigenvalue weighted by Crippen LogP contribution is -2.00. The van der Waals surface area contributed by atoms with Crippen LogP contribution in [0.5, 0.6) is 0 Å². The summed E-state index contributed by atoms with van der Waals surface area (Å²) in [6.07, 6.45) is 1.96. The van der Waals surface area contributed by atoms with Gasteiger partial charge in [0.25, 0.3) is 0 Å². The van der Waals surface area contributed by atoms with Crippen LogP contribution in [0.3, 0.4) is 0 Å². The van der Waals surface area contributed by atoms with Gasteiger partial charge in [-0.05, 0) is 31.0 Å². The normalized spacial score (nSPS) is 15.7. The second-order valence-corrected chi connectivity index (χ2v) is 3.86. The first-order valence-electron chi connectivity index (χ1n) is 4.91. The quantitative estimate of drug-likeness (QED) is 0.756. The van der Waals surface area contributed by atoms with Crippen molar-refractivity contribution in [1.29, 1.82) is 0 Å². The van der Waals surface area contributed by atoms with Crippen LogP contribution in [-0.2, 0) is 0 Å². The summed E-state index contributed by atoms with van der Waals surface area (Å²) >= 11 is 0. The Morgan fingerprint density at radius 1 is 1.40 bits per heavy atom. The molecule has 0 amide bonds. The Labute approximate surface area is 84.9 Å². The fourth-order valence-electron chi connectivity index (χ4n) is 1.68. The van der Waals surface area contributed by atoms with Crippen LogP contribution >= 0.6 is 0 Å². The lowest BCUT2D eigenvalue weighted by Gasteiger charge is -1.96. The second-order valence-electron chi connectivity index (χ2n) is 3.86. The van der Waals surface area contributed by atoms with E-state index < -0.39 is 5.76 Å². The van der Waals surface area contributed by atoms with Crippen molar-refractivity contribution in [2.24, 2.45) is 5.92 Å². The molecule has 1 aromatic carbocycles. The molecular weight excluding hydrogens is 194 g/mol. The molecule has 4 nitrogen and oxygen atoms in total. The summed E-state index contributed by atoms with van der Waals surface area (Å²) in [4.78, 5) is 25.2. The smallest absolute Gasteiger partial charge is 0.408 e. The number of hydrogen-bond acceptors (Lipinski definition) is 3. The first-order chi connectivity index (χ1) is 7.24. The van der Waals surface area contributed by atoms with Crippen LogP contribution in [0.25, 0.3) is 11.1 Å². The fourth-order valence-corrected chi connectivity index (χ4v) is 1.68. The molecule has 3 rings (SSSR count). The number of fused-ring (bicyclic) bond motifs is 1. The van der Waals surface area contributed by atoms with Gasteiger partial charge in [-0.3, -0.25) is 9.78 Å². The highest BCUT2D eigenvalue weighted by Crippen LogP contribution is 2.33. The first-order valence-corrected chi connectivity index (χ1v) is 4.91. The third-order valence-corrected chi connectivity index (χ3v) is 2.65. The van der Waals surface area contributed by atoms with Gasteiger partial charge in [-0.2, -0.15) is 0 Å². The molecule has 4 heteroatoms. The predicted molar refractivity (Wildman–Crippen MR) is 53.9 cm³/mol. The molecule has 0 unspecified atom stereocenters. The van der Waals surface area contributed by atoms with Crippen LogP contribution in [-0.4, -0.2) is 10.8 Å². The van der Waals surface area contributed by atoms with E-state index in [9.17, 15) is 9.59 Å². The molecule has 1 heterocycles. The molecule has 1 aromatic heterocycles. The monoisotopic (exact) mass is 203 g/mol. The maximum Gasteiger partial charge on any atom is 0.417 e. The molecule has 1 saturated carbocycles. The van der Waals surface area contributed by atoms with E-state index in [4.69, 9.17) is 4.42 Å². The van der Waals surface area contributed by atoms with Gasteiger partial charge in [-0.1, -0.05) is 0 Å². The summed E-state index contributed by atoms with van der Waals surface area (Å²) in [6.45, 7) is 0. The fraction of sp³-hybridized carbons (Fsp3) is 0.273. The SMILES string of the molecule is O=C(c1ccc2[nH]c(=O)oc2c1)C1CC1. The minimum Gasteiger partial charge on any atom is -0.408 e. The van der Waals surface area contributed by atoms with Crippen LogP contribution in [0.4, 0.5) is 0 Å². The predicted octanol–water partition coefficient (Wildman–Crippen LogP) is 1.71. The Balaban J connectivity index is 2.12. The highest BCUT2D eigenvalue weighted by Gasteiger charge is 2.30. The summed E-state index contributed by atoms with van der Waals surface area (Å²) in [7, 11) is 0. The molecule has 1 N–H and O–H groups in total. The number of carbonyl (C=O) groups is 1. The Morgan fingerprint density at radius 2 is 2.20 bits per heavy atom. The van der Waals surface area contributed by atoms with Crippen molar-refractivity contribution in [2.75, 3.05) is 0 Å². The van der Waals surface area contributed by atoms with E-state index >= 15 is 0 Å². The van der Waals surface area contributed by atoms with E-state index in [1.54, 1.807) is 18.2 Å². The topological polar surface area (TPSA) is 63.1 Å². The Kier molecular flexibility index (Phi) is 1.59. The van der Waals surface area contributed by atoms with Gasteiger partial charge in [0.2, 0.25) is 0 Å². The van der Waals surface area contributed by atoms with E-state index in [1.165, 1.54) is 0 Å². The number of aromatic nitrogens is 1. The van der Waals surface area contributed by atoms with E-state index in [0.717, 1.165) is 12.8 Å². The summed E-state index contributed by atoms with van der Waals surface area (Å²) in [5.74, 6) is -0.144. The average molecular weight is 203 g/mol. The number of carbonyl (C=O) groups excluding carboxylic acids is 1. The summed E-state index contributed by atoms with van der Waals surface area (Å²) in [5, 5.41) is 0. The van der Waals surface area contributed by atoms with Crippen molar-refractivity contribution in [3.05, 3.63) is 34.3 Å². The number of ketones is 1. The number of aromatic amines is 1. The molecule has 0 atom stereocenters. The highest BCUT2D eigenvalue weighted by molar-refractivity contribution is 6.01. The van der Waals surface area contributed by atoms with Crippen LogP contribution in [0.15, 0.2) is 27.4 Å². The Morgan fingerprint density at radius 3 is 2.93 bits per heavy atom. The van der Waals surface area contributed by atoms with Crippen molar-refractivity contribution in [2.45, 2.75) is 12.8 Å². The molecular formula is C11H9NO3. The first kappa shape index (κ1) is 8.47. The number of benzene rings is 1. The van der Waals surface area contributed by atoms with Crippen LogP contribution in [0.1, 0.15) is 23.2 Å². The summed E-state index contributed by atoms with van der Waals surface area (Å²) in [5.41, 5.74) is 1.71. The molecule has 0 bridgehead atoms. The van der Waals surface area contributed by atoms with Gasteiger partial charge >= 0.3 is 5.76 Å². The van der Waals surface area contributed by atoms with E-state index in [-0.39, 0.29) is 11.7 Å². The van der Waals surface area contributed by atoms with Crippen molar-refractivity contribution in [3.63, 3.8) is 0 Å². The van der Waals surface area contributed by atoms with Crippen molar-refractivity contribution >= 4 is 16.9 Å². The van der Waals surface area contributed by atoms with E-state index in [1.807, 2.05) is 0 Å². The molecule has 0 aliphatic heterocycles. The molecule has 2 aromatic rings. The van der Waals surface area contributed by atoms with Gasteiger partial charge in [-0.15, -0.1) is 0 Å². The van der Waals surface area contributed by atoms with Gasteiger partial charge in [0, 0.05) is 11.5 Å². The van der Waals surface area contributed by atoms with Crippen molar-refractivity contribution < 1.29 is 9.21 Å². The molecule has 1 aliphatic rings. The molecule has 1 aliphatic carbocycles. The maximum absolute atomic E-state index is 11.7. The van der Waals surface area contributed by atoms with Crippen LogP contribution in [0, 0.1) is 5.92 Å². The number of H-pyrrole nitrogens is 1. The molecule has 0 radical (unpaired) electrons. The average Bonchev–Trinajstić information content (AvgIpc) is 2.98. The molecule has 15 heavy (non-hydrogen) atoms. The second kappa shape index (κ2) is 2.82. The van der Waals surface area contributed by atoms with Crippen LogP contribution < -0.4 is 5.76 Å². The number of hydrogen-bond donors (Lipinski definition) is 1. The molecule has 0 saturated heterocycles. The third-order valence-electron chi connectivity index (χ3n) is 2.65. The van der Waals surface area contributed by atoms with Gasteiger partial charge in [-0.25, -0.2) is 4.79 Å². The summed E-state index contributed by atoms with van der Waals surface area (Å²) < 4.78 is 4.90. The Hall–Kier alpha value is -1.84. The zero-order valence-corrected chi connectivity index (χ0v) is 7.95. The minimum atomic E-state index is -0.485. The standard InChI is InChI=1S/C11H9NO3/c13-10(6-1-2-6)7-3-4-8-9(5-7)15-11(14)12-8/h3-6H,1-2H2,(H,12,14). The molecule has 1 fully saturated rings. The van der Waals surface area contributed by atoms with Gasteiger partial charge in [0.15, 0.2) is 11.4 Å². The van der Waals surface area contributed by atoms with E-state index in [2.05, 4.69) is 4.98 Å². The van der Waals surface area contributed by atoms with Gasteiger partial charge in [0.1, 0.15) is 0 Å². The zero-order chi connectivity index (χ0) is 10.4. The largest absolute Gasteiger partial charge is 0.417 e. The van der Waals surface area contributed by atoms with Gasteiger partial charge in [0.05, 0.1) is 5.52 Å². The number of Topliss-reactive ketones (excluding diaryl/α,β-unsaturated/α-hetero) is 1. The highest BCUT2D eigenvalue weighted by atomic mass is 16.4. The van der Waals surface area contributed by atoms with Gasteiger partial charge < -0.3 is 4.42 Å². The lowest BCUT2D eigenvalue weighted by molar-refractivity contribution is 0.0967. The third kappa shape index (κ3) is 1.38. The van der Waals surface area contributed by atoms with Crippen LogP contribution in [0.2, 0.25) is 0 Å². The zero-order valence-electron chi connectivity index (χ0n) is 7.95. The van der Waals surface area contributed by atoms with E-state index in [0.29, 0.717) is 16.7 Å². The van der Waals surface area contributed by atoms with Crippen molar-refractivity contribution in [3.8, 4) is 0 Å². The Bertz CT molecular complexity index is 589.